The Hall–Kier alpha value is -5.27. The highest BCUT2D eigenvalue weighted by molar-refractivity contribution is 7.39. The zero-order valence-electron chi connectivity index (χ0n) is 33.8. The van der Waals surface area contributed by atoms with Gasteiger partial charge >= 0.3 is 20.0 Å². The summed E-state index contributed by atoms with van der Waals surface area (Å²) in [5.41, 5.74) is -0.630. The lowest BCUT2D eigenvalue weighted by atomic mass is 9.80. The maximum Gasteiger partial charge on any atom is 0.330 e. The van der Waals surface area contributed by atoms with Crippen LogP contribution in [0.4, 0.5) is 0 Å². The molecular weight excluding hydrogens is 815 g/mol. The second-order valence-electron chi connectivity index (χ2n) is 14.6. The molecule has 2 aliphatic rings. The molecular formula is C42H47N4O14P. The summed E-state index contributed by atoms with van der Waals surface area (Å²) in [6.07, 6.45) is -2.02. The molecule has 19 heteroatoms. The average molecular weight is 863 g/mol. The topological polar surface area (TPSA) is 224 Å². The van der Waals surface area contributed by atoms with Gasteiger partial charge in [0.25, 0.3) is 11.1 Å². The first-order valence-electron chi connectivity index (χ1n) is 19.4. The number of hydrogen-bond donors (Lipinski definition) is 4. The largest absolute Gasteiger partial charge is 0.497 e. The molecule has 6 atom stereocenters. The zero-order chi connectivity index (χ0) is 43.3. The van der Waals surface area contributed by atoms with E-state index in [-0.39, 0.29) is 38.4 Å². The monoisotopic (exact) mass is 862 g/mol. The summed E-state index contributed by atoms with van der Waals surface area (Å²) in [6.45, 7) is 2.62. The lowest BCUT2D eigenvalue weighted by Gasteiger charge is -2.37. The summed E-state index contributed by atoms with van der Waals surface area (Å²) in [7, 11) is 0.396. The van der Waals surface area contributed by atoms with Gasteiger partial charge in [0.1, 0.15) is 48.6 Å². The van der Waals surface area contributed by atoms with Crippen LogP contribution in [0.2, 0.25) is 0 Å². The van der Waals surface area contributed by atoms with Crippen LogP contribution in [0, 0.1) is 13.8 Å². The van der Waals surface area contributed by atoms with Crippen molar-refractivity contribution in [2.75, 3.05) is 34.2 Å². The number of aromatic amines is 2. The molecule has 2 aliphatic heterocycles. The maximum absolute atomic E-state index is 13.1. The molecule has 2 fully saturated rings. The fourth-order valence-electron chi connectivity index (χ4n) is 7.63. The summed E-state index contributed by atoms with van der Waals surface area (Å²) in [5.74, 6) is 1.31. The molecule has 4 N–H and O–H groups in total. The van der Waals surface area contributed by atoms with E-state index in [4.69, 9.17) is 37.7 Å². The first-order valence-corrected chi connectivity index (χ1v) is 20.5. The fraction of sp³-hybridized carbons (Fsp3) is 0.381. The van der Waals surface area contributed by atoms with Crippen molar-refractivity contribution in [3.63, 3.8) is 0 Å². The standard InChI is InChI=1S/C42H47N4O14P/c1-25-20-45(40(49)43-38(25)47)36-18-32(56-24-55-22-34-33(60-61(51)52)19-37(58-34)46-21-26(2)39(48)44-41(46)50)35(59-36)23-57-42(27-8-6-5-7-9-27,28-10-14-30(53-3)15-11-28)29-12-16-31(54-4)17-13-29/h5-17,20-21,32-37,51-52H,18-19,22-24H2,1-4H3,(H,43,47,49)(H,44,48,50)/t32-,33-,34+,35+,36+,37+/m0/s1. The van der Waals surface area contributed by atoms with Crippen molar-refractivity contribution in [1.29, 1.82) is 0 Å². The SMILES string of the molecule is COc1ccc(C(OC[C@H]2O[C@@H](n3cc(C)c(=O)[nH]c3=O)C[C@@H]2OCOC[C@H]2O[C@@H](n3cc(C)c(=O)[nH]c3=O)C[C@@H]2OP(O)O)(c2ccccc2)c2ccc(OC)cc2)cc1. The molecule has 7 rings (SSSR count). The number of nitrogens with one attached hydrogen (secondary N) is 2. The Morgan fingerprint density at radius 3 is 1.66 bits per heavy atom. The van der Waals surface area contributed by atoms with Gasteiger partial charge < -0.3 is 47.5 Å². The number of aryl methyl sites for hydroxylation is 2. The van der Waals surface area contributed by atoms with Gasteiger partial charge in [0.05, 0.1) is 39.6 Å². The van der Waals surface area contributed by atoms with Crippen molar-refractivity contribution >= 4 is 8.60 Å². The molecule has 18 nitrogen and oxygen atoms in total. The van der Waals surface area contributed by atoms with Gasteiger partial charge in [-0.05, 0) is 54.8 Å². The summed E-state index contributed by atoms with van der Waals surface area (Å²) in [6, 6.07) is 24.8. The predicted octanol–water partition coefficient (Wildman–Crippen LogP) is 3.26. The minimum Gasteiger partial charge on any atom is -0.497 e. The maximum atomic E-state index is 13.1. The Morgan fingerprint density at radius 2 is 1.16 bits per heavy atom. The summed E-state index contributed by atoms with van der Waals surface area (Å²) in [4.78, 5) is 73.9. The normalized spacial score (nSPS) is 21.6. The van der Waals surface area contributed by atoms with Gasteiger partial charge in [0.2, 0.25) is 0 Å². The zero-order valence-corrected chi connectivity index (χ0v) is 34.7. The molecule has 0 radical (unpaired) electrons. The first-order chi connectivity index (χ1) is 29.4. The summed E-state index contributed by atoms with van der Waals surface area (Å²) >= 11 is 0. The first kappa shape index (κ1) is 43.8. The minimum absolute atomic E-state index is 0.0523. The van der Waals surface area contributed by atoms with E-state index in [1.165, 1.54) is 21.5 Å². The molecule has 0 bridgehead atoms. The number of aromatic nitrogens is 4. The van der Waals surface area contributed by atoms with Gasteiger partial charge in [-0.15, -0.1) is 0 Å². The van der Waals surface area contributed by atoms with Gasteiger partial charge in [-0.3, -0.25) is 28.7 Å². The van der Waals surface area contributed by atoms with Gasteiger partial charge in [0, 0.05) is 36.4 Å². The minimum atomic E-state index is -2.79. The van der Waals surface area contributed by atoms with Crippen molar-refractivity contribution in [3.8, 4) is 11.5 Å². The molecule has 0 aliphatic carbocycles. The van der Waals surface area contributed by atoms with E-state index in [1.54, 1.807) is 28.1 Å². The Morgan fingerprint density at radius 1 is 0.689 bits per heavy atom. The second kappa shape index (κ2) is 19.2. The smallest absolute Gasteiger partial charge is 0.330 e. The number of nitrogens with zero attached hydrogens (tertiary/aromatic N) is 2. The van der Waals surface area contributed by atoms with Crippen molar-refractivity contribution in [1.82, 2.24) is 19.1 Å². The Kier molecular flexibility index (Phi) is 13.8. The molecule has 3 aromatic carbocycles. The number of benzene rings is 3. The third-order valence-corrected chi connectivity index (χ3v) is 11.2. The number of rotatable bonds is 17. The third-order valence-electron chi connectivity index (χ3n) is 10.8. The predicted molar refractivity (Wildman–Crippen MR) is 219 cm³/mol. The fourth-order valence-corrected chi connectivity index (χ4v) is 8.10. The van der Waals surface area contributed by atoms with Crippen LogP contribution in [0.3, 0.4) is 0 Å². The van der Waals surface area contributed by atoms with E-state index in [0.717, 1.165) is 16.7 Å². The van der Waals surface area contributed by atoms with E-state index in [2.05, 4.69) is 9.97 Å². The van der Waals surface area contributed by atoms with Crippen molar-refractivity contribution in [2.45, 2.75) is 69.2 Å². The van der Waals surface area contributed by atoms with Crippen LogP contribution in [0.5, 0.6) is 11.5 Å². The van der Waals surface area contributed by atoms with E-state index < -0.39 is 73.6 Å². The lowest BCUT2D eigenvalue weighted by molar-refractivity contribution is -0.151. The van der Waals surface area contributed by atoms with Crippen LogP contribution in [0.1, 0.15) is 53.1 Å². The average Bonchev–Trinajstić information content (AvgIpc) is 3.86. The summed E-state index contributed by atoms with van der Waals surface area (Å²) in [5, 5.41) is 0. The number of ether oxygens (including phenoxy) is 7. The highest BCUT2D eigenvalue weighted by Crippen LogP contribution is 2.43. The Balaban J connectivity index is 1.15. The van der Waals surface area contributed by atoms with E-state index in [1.807, 2.05) is 78.9 Å². The van der Waals surface area contributed by atoms with Crippen molar-refractivity contribution in [2.24, 2.45) is 0 Å². The third kappa shape index (κ3) is 9.63. The van der Waals surface area contributed by atoms with E-state index in [0.29, 0.717) is 17.1 Å². The molecule has 2 aromatic heterocycles. The molecule has 61 heavy (non-hydrogen) atoms. The highest BCUT2D eigenvalue weighted by Gasteiger charge is 2.44. The highest BCUT2D eigenvalue weighted by atomic mass is 31.2. The van der Waals surface area contributed by atoms with Gasteiger partial charge in [-0.25, -0.2) is 9.59 Å². The van der Waals surface area contributed by atoms with Gasteiger partial charge in [0.15, 0.2) is 0 Å². The molecule has 0 spiro atoms. The van der Waals surface area contributed by atoms with Crippen LogP contribution in [0.15, 0.2) is 110 Å². The van der Waals surface area contributed by atoms with Gasteiger partial charge in [-0.1, -0.05) is 54.6 Å². The molecule has 5 aromatic rings. The van der Waals surface area contributed by atoms with Crippen molar-refractivity contribution in [3.05, 3.63) is 161 Å². The Bertz CT molecular complexity index is 2440. The Labute approximate surface area is 350 Å². The van der Waals surface area contributed by atoms with Crippen LogP contribution in [-0.4, -0.2) is 87.5 Å². The number of hydrogen-bond acceptors (Lipinski definition) is 14. The number of methoxy groups -OCH3 is 2. The van der Waals surface area contributed by atoms with Gasteiger partial charge in [-0.2, -0.15) is 0 Å². The van der Waals surface area contributed by atoms with E-state index in [9.17, 15) is 29.0 Å². The molecule has 4 heterocycles. The van der Waals surface area contributed by atoms with Crippen LogP contribution >= 0.6 is 8.60 Å². The molecule has 2 saturated heterocycles. The lowest BCUT2D eigenvalue weighted by Crippen LogP contribution is -2.39. The van der Waals surface area contributed by atoms with Crippen LogP contribution in [0.25, 0.3) is 0 Å². The molecule has 324 valence electrons. The van der Waals surface area contributed by atoms with Crippen LogP contribution in [-0.2, 0) is 33.8 Å². The summed E-state index contributed by atoms with van der Waals surface area (Å²) < 4.78 is 50.8. The molecule has 0 saturated carbocycles. The van der Waals surface area contributed by atoms with E-state index >= 15 is 0 Å². The van der Waals surface area contributed by atoms with Crippen LogP contribution < -0.4 is 32.0 Å². The second-order valence-corrected chi connectivity index (χ2v) is 15.3. The quantitative estimate of drug-likeness (QED) is 0.0456. The van der Waals surface area contributed by atoms with Crippen molar-refractivity contribution < 1.29 is 47.5 Å². The number of H-pyrrole nitrogens is 2. The molecule has 0 amide bonds. The molecule has 0 unspecified atom stereocenters.